The van der Waals surface area contributed by atoms with Gasteiger partial charge in [0.2, 0.25) is 6.41 Å². The van der Waals surface area contributed by atoms with Crippen LogP contribution in [0, 0.1) is 23.2 Å². The molecule has 0 aromatic carbocycles. The van der Waals surface area contributed by atoms with Crippen LogP contribution in [0.15, 0.2) is 0 Å². The first-order chi connectivity index (χ1) is 16.5. The highest BCUT2D eigenvalue weighted by atomic mass is 16.6. The van der Waals surface area contributed by atoms with Crippen LogP contribution in [0.5, 0.6) is 0 Å². The molecule has 0 bridgehead atoms. The second-order valence-corrected chi connectivity index (χ2v) is 13.8. The standard InChI is InChI=1S/C27H54N4O5/c1-18(2)22(28-21(32)13-29-16-31(17-29)24(34)36-25(4,5)6)23(33)30-14-26(7,8)27(35,15-30)20-11-9-19(3)10-12-20/h18-24,28,32-35H,9-17H2,1-8H3/t19?,20?,21?,22-,23?,24?,27?/m1/s1. The van der Waals surface area contributed by atoms with Crippen LogP contribution in [0.3, 0.4) is 0 Å². The molecular weight excluding hydrogens is 460 g/mol. The summed E-state index contributed by atoms with van der Waals surface area (Å²) in [6, 6.07) is -0.350. The molecule has 2 saturated heterocycles. The Morgan fingerprint density at radius 3 is 2.08 bits per heavy atom. The third-order valence-electron chi connectivity index (χ3n) is 8.67. The molecule has 0 aromatic rings. The first-order valence-electron chi connectivity index (χ1n) is 13.9. The minimum atomic E-state index is -0.971. The summed E-state index contributed by atoms with van der Waals surface area (Å²) in [5.74, 6) is 1.06. The van der Waals surface area contributed by atoms with Crippen LogP contribution >= 0.6 is 0 Å². The smallest absolute Gasteiger partial charge is 0.218 e. The number of ether oxygens (including phenoxy) is 1. The molecule has 0 aromatic heterocycles. The lowest BCUT2D eigenvalue weighted by molar-refractivity contribution is -0.285. The lowest BCUT2D eigenvalue weighted by atomic mass is 9.64. The Hall–Kier alpha value is -0.360. The maximum atomic E-state index is 11.9. The lowest BCUT2D eigenvalue weighted by Crippen LogP contribution is -2.64. The zero-order valence-corrected chi connectivity index (χ0v) is 23.9. The summed E-state index contributed by atoms with van der Waals surface area (Å²) in [6.45, 7) is 18.8. The average molecular weight is 515 g/mol. The number of aliphatic hydroxyl groups is 4. The van der Waals surface area contributed by atoms with Crippen molar-refractivity contribution in [3.05, 3.63) is 0 Å². The molecule has 4 unspecified atom stereocenters. The van der Waals surface area contributed by atoms with E-state index in [1.165, 1.54) is 0 Å². The highest BCUT2D eigenvalue weighted by molar-refractivity contribution is 5.08. The Morgan fingerprint density at radius 1 is 0.972 bits per heavy atom. The Bertz CT molecular complexity index is 703. The van der Waals surface area contributed by atoms with E-state index in [2.05, 4.69) is 26.1 Å². The fraction of sp³-hybridized carbons (Fsp3) is 1.00. The van der Waals surface area contributed by atoms with Gasteiger partial charge in [-0.1, -0.05) is 47.5 Å². The molecule has 0 amide bonds. The molecule has 36 heavy (non-hydrogen) atoms. The summed E-state index contributed by atoms with van der Waals surface area (Å²) in [5, 5.41) is 47.6. The number of hydrogen-bond donors (Lipinski definition) is 5. The van der Waals surface area contributed by atoms with Gasteiger partial charge >= 0.3 is 0 Å². The minimum absolute atomic E-state index is 0.0804. The van der Waals surface area contributed by atoms with E-state index in [1.54, 1.807) is 4.90 Å². The van der Waals surface area contributed by atoms with E-state index in [4.69, 9.17) is 4.74 Å². The highest BCUT2D eigenvalue weighted by Crippen LogP contribution is 2.49. The van der Waals surface area contributed by atoms with Gasteiger partial charge in [0.1, 0.15) is 12.5 Å². The van der Waals surface area contributed by atoms with E-state index in [0.717, 1.165) is 31.6 Å². The average Bonchev–Trinajstić information content (AvgIpc) is 2.96. The second kappa shape index (κ2) is 11.4. The lowest BCUT2D eigenvalue weighted by Gasteiger charge is -2.46. The zero-order valence-electron chi connectivity index (χ0n) is 23.9. The van der Waals surface area contributed by atoms with Gasteiger partial charge in [-0.2, -0.15) is 0 Å². The third kappa shape index (κ3) is 6.98. The molecular formula is C27H54N4O5. The van der Waals surface area contributed by atoms with Crippen LogP contribution in [0.4, 0.5) is 0 Å². The van der Waals surface area contributed by atoms with Crippen LogP contribution in [0.1, 0.15) is 81.1 Å². The van der Waals surface area contributed by atoms with Crippen LogP contribution < -0.4 is 5.32 Å². The molecule has 9 heteroatoms. The van der Waals surface area contributed by atoms with Crippen LogP contribution in [0.25, 0.3) is 0 Å². The van der Waals surface area contributed by atoms with Crippen molar-refractivity contribution in [1.29, 1.82) is 0 Å². The predicted molar refractivity (Wildman–Crippen MR) is 140 cm³/mol. The van der Waals surface area contributed by atoms with E-state index in [9.17, 15) is 20.4 Å². The van der Waals surface area contributed by atoms with Crippen LogP contribution in [-0.2, 0) is 4.74 Å². The third-order valence-corrected chi connectivity index (χ3v) is 8.67. The van der Waals surface area contributed by atoms with Gasteiger partial charge in [-0.15, -0.1) is 0 Å². The summed E-state index contributed by atoms with van der Waals surface area (Å²) in [6.07, 6.45) is 1.77. The number of nitrogens with one attached hydrogen (secondary N) is 1. The molecule has 3 rings (SSSR count). The monoisotopic (exact) mass is 514 g/mol. The zero-order chi connectivity index (χ0) is 27.1. The summed E-state index contributed by atoms with van der Waals surface area (Å²) >= 11 is 0. The molecule has 3 fully saturated rings. The molecule has 2 aliphatic heterocycles. The number of nitrogens with zero attached hydrogens (tertiary/aromatic N) is 3. The molecule has 5 N–H and O–H groups in total. The molecule has 1 saturated carbocycles. The van der Waals surface area contributed by atoms with Crippen molar-refractivity contribution >= 4 is 0 Å². The molecule has 0 radical (unpaired) electrons. The molecule has 5 atom stereocenters. The van der Waals surface area contributed by atoms with Crippen LogP contribution in [0.2, 0.25) is 0 Å². The van der Waals surface area contributed by atoms with Gasteiger partial charge < -0.3 is 25.2 Å². The van der Waals surface area contributed by atoms with E-state index in [0.29, 0.717) is 33.0 Å². The van der Waals surface area contributed by atoms with Gasteiger partial charge in [-0.3, -0.25) is 15.1 Å². The van der Waals surface area contributed by atoms with Crippen molar-refractivity contribution in [2.24, 2.45) is 23.2 Å². The molecule has 0 spiro atoms. The second-order valence-electron chi connectivity index (χ2n) is 13.8. The number of likely N-dealkylation sites (tertiary alicyclic amines) is 1. The summed E-state index contributed by atoms with van der Waals surface area (Å²) in [4.78, 5) is 5.80. The molecule has 9 nitrogen and oxygen atoms in total. The predicted octanol–water partition coefficient (Wildman–Crippen LogP) is 1.76. The van der Waals surface area contributed by atoms with Gasteiger partial charge in [0.05, 0.1) is 30.6 Å². The molecule has 3 aliphatic rings. The van der Waals surface area contributed by atoms with Gasteiger partial charge in [0, 0.05) is 25.0 Å². The van der Waals surface area contributed by atoms with Gasteiger partial charge in [0.25, 0.3) is 0 Å². The van der Waals surface area contributed by atoms with Crippen molar-refractivity contribution < 1.29 is 25.2 Å². The number of aliphatic hydroxyl groups excluding tert-OH is 3. The quantitative estimate of drug-likeness (QED) is 0.278. The molecule has 2 heterocycles. The van der Waals surface area contributed by atoms with Crippen molar-refractivity contribution in [3.63, 3.8) is 0 Å². The highest BCUT2D eigenvalue weighted by Gasteiger charge is 2.57. The first-order valence-corrected chi connectivity index (χ1v) is 13.9. The Balaban J connectivity index is 1.54. The Kier molecular flexibility index (Phi) is 9.56. The number of hydrogen-bond acceptors (Lipinski definition) is 9. The van der Waals surface area contributed by atoms with Gasteiger partial charge in [0.15, 0.2) is 0 Å². The van der Waals surface area contributed by atoms with Gasteiger partial charge in [-0.05, 0) is 51.4 Å². The molecule has 1 aliphatic carbocycles. The van der Waals surface area contributed by atoms with Crippen molar-refractivity contribution in [2.75, 3.05) is 33.0 Å². The Morgan fingerprint density at radius 2 is 1.56 bits per heavy atom. The van der Waals surface area contributed by atoms with E-state index >= 15 is 0 Å². The number of rotatable bonds is 10. The normalized spacial score (nSPS) is 33.9. The van der Waals surface area contributed by atoms with Crippen molar-refractivity contribution in [2.45, 2.75) is 117 Å². The first kappa shape index (κ1) is 30.2. The molecule has 212 valence electrons. The maximum Gasteiger partial charge on any atom is 0.218 e. The van der Waals surface area contributed by atoms with Gasteiger partial charge in [-0.25, -0.2) is 4.90 Å². The van der Waals surface area contributed by atoms with E-state index < -0.39 is 30.1 Å². The van der Waals surface area contributed by atoms with E-state index in [-0.39, 0.29) is 23.3 Å². The van der Waals surface area contributed by atoms with Crippen molar-refractivity contribution in [3.8, 4) is 0 Å². The largest absolute Gasteiger partial charge is 0.388 e. The van der Waals surface area contributed by atoms with Crippen molar-refractivity contribution in [1.82, 2.24) is 20.0 Å². The summed E-state index contributed by atoms with van der Waals surface area (Å²) in [5.41, 5.74) is -1.59. The topological polar surface area (TPSA) is 112 Å². The SMILES string of the molecule is CC1CCC(C2(O)CN(C(O)[C@H](NC(O)CN3CN(C(O)OC(C)(C)C)C3)C(C)C)CC2(C)C)CC1. The summed E-state index contributed by atoms with van der Waals surface area (Å²) < 4.78 is 5.58. The maximum absolute atomic E-state index is 11.9. The number of β-amino-alcohol motifs (C(OH)–C–C–N with tert-alkyl or cyclic N) is 2. The van der Waals surface area contributed by atoms with E-state index in [1.807, 2.05) is 44.4 Å². The fourth-order valence-electron chi connectivity index (χ4n) is 6.32. The van der Waals surface area contributed by atoms with Crippen LogP contribution in [-0.4, -0.2) is 104 Å². The Labute approximate surface area is 218 Å². The fourth-order valence-corrected chi connectivity index (χ4v) is 6.32. The minimum Gasteiger partial charge on any atom is -0.388 e. The summed E-state index contributed by atoms with van der Waals surface area (Å²) in [7, 11) is 0.